The summed E-state index contributed by atoms with van der Waals surface area (Å²) in [5.74, 6) is 0.611. The van der Waals surface area contributed by atoms with Crippen LogP contribution in [0.2, 0.25) is 0 Å². The van der Waals surface area contributed by atoms with Gasteiger partial charge in [0.2, 0.25) is 15.9 Å². The summed E-state index contributed by atoms with van der Waals surface area (Å²) in [5.41, 5.74) is 2.65. The molecule has 7 nitrogen and oxygen atoms in total. The first-order chi connectivity index (χ1) is 12.7. The Morgan fingerprint density at radius 1 is 0.963 bits per heavy atom. The maximum absolute atomic E-state index is 12.6. The van der Waals surface area contributed by atoms with Gasteiger partial charge in [0.05, 0.1) is 31.3 Å². The quantitative estimate of drug-likeness (QED) is 0.755. The minimum atomic E-state index is -3.85. The normalized spacial score (nSPS) is 11.1. The summed E-state index contributed by atoms with van der Waals surface area (Å²) in [6.07, 6.45) is 0. The minimum absolute atomic E-state index is 0.113. The zero-order valence-electron chi connectivity index (χ0n) is 16.0. The Morgan fingerprint density at radius 2 is 1.63 bits per heavy atom. The predicted molar refractivity (Wildman–Crippen MR) is 104 cm³/mol. The molecule has 1 amide bonds. The van der Waals surface area contributed by atoms with Gasteiger partial charge < -0.3 is 14.8 Å². The number of rotatable bonds is 7. The van der Waals surface area contributed by atoms with E-state index in [0.29, 0.717) is 28.3 Å². The molecule has 2 N–H and O–H groups in total. The fraction of sp³-hybridized carbons (Fsp3) is 0.316. The summed E-state index contributed by atoms with van der Waals surface area (Å²) in [7, 11) is -0.824. The third-order valence-electron chi connectivity index (χ3n) is 4.03. The van der Waals surface area contributed by atoms with Crippen LogP contribution in [0.1, 0.15) is 16.7 Å². The molecule has 0 bridgehead atoms. The van der Waals surface area contributed by atoms with Gasteiger partial charge in [0.15, 0.2) is 0 Å². The highest BCUT2D eigenvalue weighted by Gasteiger charge is 2.20. The highest BCUT2D eigenvalue weighted by atomic mass is 32.2. The van der Waals surface area contributed by atoms with Crippen molar-refractivity contribution in [2.24, 2.45) is 0 Å². The van der Waals surface area contributed by atoms with Crippen molar-refractivity contribution < 1.29 is 22.7 Å². The summed E-state index contributed by atoms with van der Waals surface area (Å²) in [6, 6.07) is 8.52. The van der Waals surface area contributed by atoms with E-state index in [-0.39, 0.29) is 4.90 Å². The Balaban J connectivity index is 2.13. The van der Waals surface area contributed by atoms with Gasteiger partial charge in [0, 0.05) is 0 Å². The summed E-state index contributed by atoms with van der Waals surface area (Å²) in [6.45, 7) is 4.92. The van der Waals surface area contributed by atoms with Gasteiger partial charge in [0.25, 0.3) is 0 Å². The summed E-state index contributed by atoms with van der Waals surface area (Å²) >= 11 is 0. The molecule has 0 aliphatic heterocycles. The van der Waals surface area contributed by atoms with Gasteiger partial charge in [-0.1, -0.05) is 6.07 Å². The second-order valence-electron chi connectivity index (χ2n) is 6.16. The monoisotopic (exact) mass is 392 g/mol. The second-order valence-corrected chi connectivity index (χ2v) is 7.90. The lowest BCUT2D eigenvalue weighted by Gasteiger charge is -2.14. The number of benzene rings is 2. The van der Waals surface area contributed by atoms with Gasteiger partial charge in [-0.2, -0.15) is 0 Å². The molecule has 0 saturated heterocycles. The van der Waals surface area contributed by atoms with Gasteiger partial charge in [-0.3, -0.25) is 4.79 Å². The van der Waals surface area contributed by atoms with E-state index >= 15 is 0 Å². The Kier molecular flexibility index (Phi) is 6.45. The number of methoxy groups -OCH3 is 2. The summed E-state index contributed by atoms with van der Waals surface area (Å²) in [5, 5.41) is 2.66. The molecule has 0 heterocycles. The largest absolute Gasteiger partial charge is 0.496 e. The van der Waals surface area contributed by atoms with E-state index in [2.05, 4.69) is 10.0 Å². The number of carbonyl (C=O) groups is 1. The van der Waals surface area contributed by atoms with Gasteiger partial charge in [0.1, 0.15) is 11.5 Å². The summed E-state index contributed by atoms with van der Waals surface area (Å²) < 4.78 is 37.9. The van der Waals surface area contributed by atoms with Crippen LogP contribution in [0, 0.1) is 20.8 Å². The number of sulfonamides is 1. The van der Waals surface area contributed by atoms with E-state index in [1.807, 2.05) is 13.0 Å². The molecule has 0 saturated carbocycles. The fourth-order valence-corrected chi connectivity index (χ4v) is 3.92. The Bertz CT molecular complexity index is 955. The molecule has 27 heavy (non-hydrogen) atoms. The lowest BCUT2D eigenvalue weighted by atomic mass is 10.1. The van der Waals surface area contributed by atoms with E-state index in [1.165, 1.54) is 20.3 Å². The molecule has 2 rings (SSSR count). The molecule has 2 aromatic rings. The van der Waals surface area contributed by atoms with Crippen LogP contribution in [0.4, 0.5) is 5.69 Å². The standard InChI is InChI=1S/C19H24N2O5S/c1-12-6-7-16(25-4)15(8-12)21-19(22)11-20-27(23,24)18-10-13(2)17(26-5)9-14(18)3/h6-10,20H,11H2,1-5H3,(H,21,22). The lowest BCUT2D eigenvalue weighted by molar-refractivity contribution is -0.115. The van der Waals surface area contributed by atoms with Crippen LogP contribution in [0.15, 0.2) is 35.2 Å². The van der Waals surface area contributed by atoms with Crippen LogP contribution < -0.4 is 19.5 Å². The second kappa shape index (κ2) is 8.41. The third kappa shape index (κ3) is 4.99. The van der Waals surface area contributed by atoms with E-state index in [0.717, 1.165) is 5.56 Å². The van der Waals surface area contributed by atoms with Crippen LogP contribution in [0.5, 0.6) is 11.5 Å². The van der Waals surface area contributed by atoms with Gasteiger partial charge in [-0.15, -0.1) is 0 Å². The number of anilines is 1. The molecule has 146 valence electrons. The third-order valence-corrected chi connectivity index (χ3v) is 5.58. The first-order valence-corrected chi connectivity index (χ1v) is 9.75. The number of hydrogen-bond acceptors (Lipinski definition) is 5. The molecule has 0 aromatic heterocycles. The van der Waals surface area contributed by atoms with E-state index in [9.17, 15) is 13.2 Å². The van der Waals surface area contributed by atoms with Crippen molar-refractivity contribution in [3.05, 3.63) is 47.0 Å². The van der Waals surface area contributed by atoms with Gasteiger partial charge in [-0.05, 0) is 61.7 Å². The molecule has 0 radical (unpaired) electrons. The number of hydrogen-bond donors (Lipinski definition) is 2. The Hall–Kier alpha value is -2.58. The van der Waals surface area contributed by atoms with Crippen molar-refractivity contribution in [1.29, 1.82) is 0 Å². The van der Waals surface area contributed by atoms with Crippen molar-refractivity contribution in [2.45, 2.75) is 25.7 Å². The van der Waals surface area contributed by atoms with Crippen molar-refractivity contribution in [3.8, 4) is 11.5 Å². The Labute approximate surface area is 159 Å². The Morgan fingerprint density at radius 3 is 2.26 bits per heavy atom. The molecule has 0 aliphatic carbocycles. The van der Waals surface area contributed by atoms with E-state index in [4.69, 9.17) is 9.47 Å². The van der Waals surface area contributed by atoms with Crippen LogP contribution in [-0.2, 0) is 14.8 Å². The van der Waals surface area contributed by atoms with Crippen LogP contribution in [-0.4, -0.2) is 35.1 Å². The highest BCUT2D eigenvalue weighted by molar-refractivity contribution is 7.89. The number of carbonyl (C=O) groups excluding carboxylic acids is 1. The first kappa shape index (κ1) is 20.7. The zero-order valence-corrected chi connectivity index (χ0v) is 16.9. The lowest BCUT2D eigenvalue weighted by Crippen LogP contribution is -2.33. The van der Waals surface area contributed by atoms with Crippen LogP contribution in [0.3, 0.4) is 0 Å². The zero-order chi connectivity index (χ0) is 20.2. The number of nitrogens with one attached hydrogen (secondary N) is 2. The maximum atomic E-state index is 12.6. The fourth-order valence-electron chi connectivity index (χ4n) is 2.62. The highest BCUT2D eigenvalue weighted by Crippen LogP contribution is 2.26. The van der Waals surface area contributed by atoms with E-state index in [1.54, 1.807) is 32.0 Å². The van der Waals surface area contributed by atoms with Crippen molar-refractivity contribution in [3.63, 3.8) is 0 Å². The van der Waals surface area contributed by atoms with Crippen molar-refractivity contribution in [1.82, 2.24) is 4.72 Å². The molecule has 0 spiro atoms. The first-order valence-electron chi connectivity index (χ1n) is 8.27. The molecular formula is C19H24N2O5S. The number of amides is 1. The molecule has 0 aliphatic rings. The number of aryl methyl sites for hydroxylation is 3. The topological polar surface area (TPSA) is 93.7 Å². The van der Waals surface area contributed by atoms with Gasteiger partial charge in [-0.25, -0.2) is 13.1 Å². The SMILES string of the molecule is COc1cc(C)c(S(=O)(=O)NCC(=O)Nc2cc(C)ccc2OC)cc1C. The molecular weight excluding hydrogens is 368 g/mol. The predicted octanol–water partition coefficient (Wildman–Crippen LogP) is 2.55. The molecule has 0 atom stereocenters. The smallest absolute Gasteiger partial charge is 0.241 e. The van der Waals surface area contributed by atoms with Crippen LogP contribution >= 0.6 is 0 Å². The van der Waals surface area contributed by atoms with Crippen molar-refractivity contribution in [2.75, 3.05) is 26.1 Å². The van der Waals surface area contributed by atoms with Gasteiger partial charge >= 0.3 is 0 Å². The molecule has 8 heteroatoms. The number of ether oxygens (including phenoxy) is 2. The average Bonchev–Trinajstić information content (AvgIpc) is 2.61. The van der Waals surface area contributed by atoms with E-state index < -0.39 is 22.5 Å². The molecule has 2 aromatic carbocycles. The summed E-state index contributed by atoms with van der Waals surface area (Å²) in [4.78, 5) is 12.3. The molecule has 0 fully saturated rings. The van der Waals surface area contributed by atoms with Crippen LogP contribution in [0.25, 0.3) is 0 Å². The minimum Gasteiger partial charge on any atom is -0.496 e. The molecule has 0 unspecified atom stereocenters. The van der Waals surface area contributed by atoms with Crippen molar-refractivity contribution >= 4 is 21.6 Å². The average molecular weight is 392 g/mol. The maximum Gasteiger partial charge on any atom is 0.241 e.